The molecule has 0 radical (unpaired) electrons. The first-order chi connectivity index (χ1) is 7.61. The number of methoxy groups -OCH3 is 1. The van der Waals surface area contributed by atoms with Gasteiger partial charge in [-0.3, -0.25) is 4.79 Å². The van der Waals surface area contributed by atoms with E-state index in [-0.39, 0.29) is 16.8 Å². The van der Waals surface area contributed by atoms with Gasteiger partial charge in [-0.1, -0.05) is 0 Å². The molecule has 0 fully saturated rings. The van der Waals surface area contributed by atoms with Crippen molar-refractivity contribution >= 4 is 22.6 Å². The molecule has 0 aliphatic heterocycles. The molecular formula is C11H9NO4. The van der Waals surface area contributed by atoms with Crippen molar-refractivity contribution in [3.05, 3.63) is 40.2 Å². The van der Waals surface area contributed by atoms with Crippen molar-refractivity contribution in [2.45, 2.75) is 0 Å². The van der Waals surface area contributed by atoms with E-state index >= 15 is 0 Å². The number of rotatable bonds is 1. The van der Waals surface area contributed by atoms with Gasteiger partial charge in [0.15, 0.2) is 5.43 Å². The number of hydrogen-bond acceptors (Lipinski definition) is 5. The van der Waals surface area contributed by atoms with Crippen LogP contribution < -0.4 is 11.2 Å². The van der Waals surface area contributed by atoms with Crippen LogP contribution in [0.1, 0.15) is 10.6 Å². The molecule has 16 heavy (non-hydrogen) atoms. The van der Waals surface area contributed by atoms with E-state index < -0.39 is 5.97 Å². The molecule has 2 N–H and O–H groups in total. The SMILES string of the molecule is COC(=O)c1cc(=O)c2ccc(N)cc2o1. The Labute approximate surface area is 90.4 Å². The summed E-state index contributed by atoms with van der Waals surface area (Å²) in [6.45, 7) is 0. The van der Waals surface area contributed by atoms with Gasteiger partial charge in [-0.2, -0.15) is 0 Å². The Hall–Kier alpha value is -2.30. The third-order valence-electron chi connectivity index (χ3n) is 2.14. The minimum atomic E-state index is -0.693. The van der Waals surface area contributed by atoms with E-state index in [9.17, 15) is 9.59 Å². The van der Waals surface area contributed by atoms with Crippen molar-refractivity contribution in [1.29, 1.82) is 0 Å². The number of carbonyl (C=O) groups excluding carboxylic acids is 1. The predicted molar refractivity (Wildman–Crippen MR) is 58.2 cm³/mol. The van der Waals surface area contributed by atoms with E-state index in [0.29, 0.717) is 11.1 Å². The molecule has 82 valence electrons. The molecule has 0 unspecified atom stereocenters. The van der Waals surface area contributed by atoms with Crippen molar-refractivity contribution in [3.8, 4) is 0 Å². The summed E-state index contributed by atoms with van der Waals surface area (Å²) in [4.78, 5) is 22.8. The molecular weight excluding hydrogens is 210 g/mol. The van der Waals surface area contributed by atoms with Crippen molar-refractivity contribution in [3.63, 3.8) is 0 Å². The monoisotopic (exact) mass is 219 g/mol. The smallest absolute Gasteiger partial charge is 0.374 e. The molecule has 0 saturated heterocycles. The summed E-state index contributed by atoms with van der Waals surface area (Å²) in [6.07, 6.45) is 0. The van der Waals surface area contributed by atoms with Gasteiger partial charge in [0.25, 0.3) is 0 Å². The molecule has 2 rings (SSSR count). The molecule has 5 nitrogen and oxygen atoms in total. The van der Waals surface area contributed by atoms with E-state index in [1.54, 1.807) is 12.1 Å². The summed E-state index contributed by atoms with van der Waals surface area (Å²) >= 11 is 0. The summed E-state index contributed by atoms with van der Waals surface area (Å²) in [6, 6.07) is 5.74. The van der Waals surface area contributed by atoms with E-state index in [0.717, 1.165) is 6.07 Å². The van der Waals surface area contributed by atoms with E-state index in [1.807, 2.05) is 0 Å². The minimum Gasteiger partial charge on any atom is -0.463 e. The van der Waals surface area contributed by atoms with Crippen LogP contribution in [0.3, 0.4) is 0 Å². The van der Waals surface area contributed by atoms with Crippen LogP contribution >= 0.6 is 0 Å². The van der Waals surface area contributed by atoms with E-state index in [2.05, 4.69) is 4.74 Å². The maximum atomic E-state index is 11.6. The first kappa shape index (κ1) is 10.2. The predicted octanol–water partition coefficient (Wildman–Crippen LogP) is 1.16. The third kappa shape index (κ3) is 1.63. The summed E-state index contributed by atoms with van der Waals surface area (Å²) in [5.41, 5.74) is 5.98. The Bertz CT molecular complexity index is 615. The number of benzene rings is 1. The molecule has 1 aromatic heterocycles. The highest BCUT2D eigenvalue weighted by Gasteiger charge is 2.12. The van der Waals surface area contributed by atoms with Crippen LogP contribution in [0.15, 0.2) is 33.5 Å². The number of esters is 1. The molecule has 0 aliphatic rings. The molecule has 0 atom stereocenters. The third-order valence-corrected chi connectivity index (χ3v) is 2.14. The van der Waals surface area contributed by atoms with Crippen molar-refractivity contribution in [2.75, 3.05) is 12.8 Å². The summed E-state index contributed by atoms with van der Waals surface area (Å²) in [5.74, 6) is -0.827. The second-order valence-corrected chi connectivity index (χ2v) is 3.22. The number of hydrogen-bond donors (Lipinski definition) is 1. The number of carbonyl (C=O) groups is 1. The van der Waals surface area contributed by atoms with Crippen LogP contribution in [-0.2, 0) is 4.74 Å². The molecule has 0 saturated carbocycles. The topological polar surface area (TPSA) is 82.5 Å². The van der Waals surface area contributed by atoms with Gasteiger partial charge in [-0.25, -0.2) is 4.79 Å². The molecule has 2 aromatic rings. The number of anilines is 1. The Morgan fingerprint density at radius 3 is 2.81 bits per heavy atom. The zero-order chi connectivity index (χ0) is 11.7. The van der Waals surface area contributed by atoms with Gasteiger partial charge < -0.3 is 14.9 Å². The highest BCUT2D eigenvalue weighted by Crippen LogP contribution is 2.16. The van der Waals surface area contributed by atoms with Gasteiger partial charge in [-0.15, -0.1) is 0 Å². The van der Waals surface area contributed by atoms with Crippen LogP contribution in [0.4, 0.5) is 5.69 Å². The quantitative estimate of drug-likeness (QED) is 0.574. The van der Waals surface area contributed by atoms with Crippen molar-refractivity contribution in [2.24, 2.45) is 0 Å². The van der Waals surface area contributed by atoms with Crippen LogP contribution in [0.2, 0.25) is 0 Å². The van der Waals surface area contributed by atoms with Gasteiger partial charge in [0, 0.05) is 17.8 Å². The fraction of sp³-hybridized carbons (Fsp3) is 0.0909. The Balaban J connectivity index is 2.75. The largest absolute Gasteiger partial charge is 0.463 e. The lowest BCUT2D eigenvalue weighted by Gasteiger charge is -2.01. The molecule has 1 aromatic carbocycles. The minimum absolute atomic E-state index is 0.134. The van der Waals surface area contributed by atoms with Crippen LogP contribution in [-0.4, -0.2) is 13.1 Å². The average Bonchev–Trinajstić information content (AvgIpc) is 2.27. The van der Waals surface area contributed by atoms with Crippen molar-refractivity contribution < 1.29 is 13.9 Å². The average molecular weight is 219 g/mol. The number of fused-ring (bicyclic) bond motifs is 1. The summed E-state index contributed by atoms with van der Waals surface area (Å²) < 4.78 is 9.69. The van der Waals surface area contributed by atoms with Gasteiger partial charge in [0.05, 0.1) is 12.5 Å². The molecule has 0 spiro atoms. The molecule has 5 heteroatoms. The standard InChI is InChI=1S/C11H9NO4/c1-15-11(14)10-5-8(13)7-3-2-6(12)4-9(7)16-10/h2-5H,12H2,1H3. The zero-order valence-electron chi connectivity index (χ0n) is 8.52. The van der Waals surface area contributed by atoms with Gasteiger partial charge >= 0.3 is 5.97 Å². The Morgan fingerprint density at radius 1 is 1.38 bits per heavy atom. The van der Waals surface area contributed by atoms with Crippen molar-refractivity contribution in [1.82, 2.24) is 0 Å². The maximum Gasteiger partial charge on any atom is 0.374 e. The highest BCUT2D eigenvalue weighted by molar-refractivity contribution is 5.89. The second kappa shape index (κ2) is 3.69. The number of nitrogen functional groups attached to an aromatic ring is 1. The van der Waals surface area contributed by atoms with Crippen LogP contribution in [0.25, 0.3) is 11.0 Å². The fourth-order valence-corrected chi connectivity index (χ4v) is 1.37. The lowest BCUT2D eigenvalue weighted by molar-refractivity contribution is 0.0565. The molecule has 0 amide bonds. The van der Waals surface area contributed by atoms with Crippen LogP contribution in [0, 0.1) is 0 Å². The van der Waals surface area contributed by atoms with E-state index in [4.69, 9.17) is 10.2 Å². The zero-order valence-corrected chi connectivity index (χ0v) is 8.52. The number of nitrogens with two attached hydrogens (primary N) is 1. The second-order valence-electron chi connectivity index (χ2n) is 3.22. The Morgan fingerprint density at radius 2 is 2.12 bits per heavy atom. The molecule has 0 bridgehead atoms. The molecule has 1 heterocycles. The van der Waals surface area contributed by atoms with E-state index in [1.165, 1.54) is 13.2 Å². The lowest BCUT2D eigenvalue weighted by Crippen LogP contribution is -2.08. The normalized spacial score (nSPS) is 10.3. The molecule has 0 aliphatic carbocycles. The van der Waals surface area contributed by atoms with Gasteiger partial charge in [0.1, 0.15) is 5.58 Å². The Kier molecular flexibility index (Phi) is 2.36. The summed E-state index contributed by atoms with van der Waals surface area (Å²) in [5, 5.41) is 0.377. The van der Waals surface area contributed by atoms with Gasteiger partial charge in [0.2, 0.25) is 5.76 Å². The lowest BCUT2D eigenvalue weighted by atomic mass is 10.2. The fourth-order valence-electron chi connectivity index (χ4n) is 1.37. The highest BCUT2D eigenvalue weighted by atomic mass is 16.5. The van der Waals surface area contributed by atoms with Gasteiger partial charge in [-0.05, 0) is 12.1 Å². The first-order valence-electron chi connectivity index (χ1n) is 4.53. The van der Waals surface area contributed by atoms with Crippen LogP contribution in [0.5, 0.6) is 0 Å². The maximum absolute atomic E-state index is 11.6. The number of ether oxygens (including phenoxy) is 1. The summed E-state index contributed by atoms with van der Waals surface area (Å²) in [7, 11) is 1.21. The first-order valence-corrected chi connectivity index (χ1v) is 4.53.